The van der Waals surface area contributed by atoms with Gasteiger partial charge in [0.15, 0.2) is 6.61 Å². The van der Waals surface area contributed by atoms with Crippen LogP contribution < -0.4 is 14.8 Å². The topological polar surface area (TPSA) is 90.7 Å². The van der Waals surface area contributed by atoms with E-state index in [0.29, 0.717) is 29.4 Å². The van der Waals surface area contributed by atoms with Crippen molar-refractivity contribution in [1.82, 2.24) is 0 Å². The summed E-state index contributed by atoms with van der Waals surface area (Å²) in [4.78, 5) is 22.4. The molecule has 7 nitrogen and oxygen atoms in total. The first-order valence-electron chi connectivity index (χ1n) is 8.96. The SMILES string of the molecule is Cc1cc([N+](=O)[O-])ccc1NC(=O)COc1ccc(OCc2ccccc2)cc1. The van der Waals surface area contributed by atoms with E-state index in [2.05, 4.69) is 5.32 Å². The molecule has 0 unspecified atom stereocenters. The Morgan fingerprint density at radius 3 is 2.24 bits per heavy atom. The van der Waals surface area contributed by atoms with Crippen molar-refractivity contribution >= 4 is 17.3 Å². The van der Waals surface area contributed by atoms with Crippen molar-refractivity contribution in [2.75, 3.05) is 11.9 Å². The lowest BCUT2D eigenvalue weighted by Gasteiger charge is -2.10. The number of aryl methyl sites for hydroxylation is 1. The monoisotopic (exact) mass is 392 g/mol. The number of nitro groups is 1. The van der Waals surface area contributed by atoms with Crippen LogP contribution >= 0.6 is 0 Å². The number of nitrogens with zero attached hydrogens (tertiary/aromatic N) is 1. The van der Waals surface area contributed by atoms with Gasteiger partial charge in [0.25, 0.3) is 11.6 Å². The molecule has 148 valence electrons. The smallest absolute Gasteiger partial charge is 0.269 e. The van der Waals surface area contributed by atoms with Gasteiger partial charge < -0.3 is 14.8 Å². The van der Waals surface area contributed by atoms with Gasteiger partial charge in [-0.05, 0) is 48.4 Å². The highest BCUT2D eigenvalue weighted by atomic mass is 16.6. The van der Waals surface area contributed by atoms with Gasteiger partial charge in [0.1, 0.15) is 18.1 Å². The number of ether oxygens (including phenoxy) is 2. The van der Waals surface area contributed by atoms with Crippen molar-refractivity contribution in [2.24, 2.45) is 0 Å². The molecule has 0 fully saturated rings. The normalized spacial score (nSPS) is 10.2. The van der Waals surface area contributed by atoms with Crippen LogP contribution in [0.5, 0.6) is 11.5 Å². The second kappa shape index (κ2) is 9.36. The van der Waals surface area contributed by atoms with Gasteiger partial charge in [-0.2, -0.15) is 0 Å². The summed E-state index contributed by atoms with van der Waals surface area (Å²) in [6.07, 6.45) is 0. The van der Waals surface area contributed by atoms with E-state index in [1.807, 2.05) is 30.3 Å². The first-order valence-corrected chi connectivity index (χ1v) is 8.96. The summed E-state index contributed by atoms with van der Waals surface area (Å²) < 4.78 is 11.2. The summed E-state index contributed by atoms with van der Waals surface area (Å²) in [6.45, 7) is 1.98. The molecule has 0 bridgehead atoms. The predicted molar refractivity (Wildman–Crippen MR) is 109 cm³/mol. The van der Waals surface area contributed by atoms with Crippen LogP contribution in [0, 0.1) is 17.0 Å². The summed E-state index contributed by atoms with van der Waals surface area (Å²) in [5, 5.41) is 13.5. The van der Waals surface area contributed by atoms with Crippen LogP contribution in [-0.2, 0) is 11.4 Å². The molecule has 3 aromatic carbocycles. The number of anilines is 1. The van der Waals surface area contributed by atoms with Crippen molar-refractivity contribution < 1.29 is 19.2 Å². The van der Waals surface area contributed by atoms with E-state index < -0.39 is 4.92 Å². The average Bonchev–Trinajstić information content (AvgIpc) is 2.73. The van der Waals surface area contributed by atoms with Crippen LogP contribution in [0.15, 0.2) is 72.8 Å². The van der Waals surface area contributed by atoms with Gasteiger partial charge in [0.05, 0.1) is 4.92 Å². The minimum atomic E-state index is -0.477. The Morgan fingerprint density at radius 2 is 1.62 bits per heavy atom. The molecule has 1 N–H and O–H groups in total. The summed E-state index contributed by atoms with van der Waals surface area (Å²) in [7, 11) is 0. The Hall–Kier alpha value is -3.87. The highest BCUT2D eigenvalue weighted by Crippen LogP contribution is 2.22. The molecule has 0 aliphatic carbocycles. The lowest BCUT2D eigenvalue weighted by Crippen LogP contribution is -2.20. The van der Waals surface area contributed by atoms with Crippen LogP contribution in [0.1, 0.15) is 11.1 Å². The predicted octanol–water partition coefficient (Wildman–Crippen LogP) is 4.50. The van der Waals surface area contributed by atoms with E-state index >= 15 is 0 Å². The van der Waals surface area contributed by atoms with Gasteiger partial charge in [-0.1, -0.05) is 30.3 Å². The van der Waals surface area contributed by atoms with Crippen molar-refractivity contribution in [1.29, 1.82) is 0 Å². The number of non-ortho nitro benzene ring substituents is 1. The van der Waals surface area contributed by atoms with E-state index in [0.717, 1.165) is 5.56 Å². The summed E-state index contributed by atoms with van der Waals surface area (Å²) in [5.41, 5.74) is 2.17. The Kier molecular flexibility index (Phi) is 6.42. The van der Waals surface area contributed by atoms with Gasteiger partial charge in [0.2, 0.25) is 0 Å². The minimum absolute atomic E-state index is 0.0219. The third-order valence-corrected chi connectivity index (χ3v) is 4.14. The standard InChI is InChI=1S/C22H20N2O5/c1-16-13-18(24(26)27)7-12-21(16)23-22(25)15-29-20-10-8-19(9-11-20)28-14-17-5-3-2-4-6-17/h2-13H,14-15H2,1H3,(H,23,25). The number of nitro benzene ring substituents is 1. The second-order valence-electron chi connectivity index (χ2n) is 6.34. The number of amides is 1. The Labute approximate surface area is 168 Å². The lowest BCUT2D eigenvalue weighted by molar-refractivity contribution is -0.384. The zero-order chi connectivity index (χ0) is 20.6. The van der Waals surface area contributed by atoms with Crippen LogP contribution in [0.3, 0.4) is 0 Å². The van der Waals surface area contributed by atoms with Gasteiger partial charge in [-0.15, -0.1) is 0 Å². The molecule has 0 heterocycles. The van der Waals surface area contributed by atoms with Crippen LogP contribution in [-0.4, -0.2) is 17.4 Å². The maximum atomic E-state index is 12.1. The largest absolute Gasteiger partial charge is 0.489 e. The molecule has 0 aliphatic rings. The van der Waals surface area contributed by atoms with Crippen molar-refractivity contribution in [3.05, 3.63) is 94.0 Å². The Bertz CT molecular complexity index is 988. The molecule has 7 heteroatoms. The van der Waals surface area contributed by atoms with Crippen molar-refractivity contribution in [3.8, 4) is 11.5 Å². The summed E-state index contributed by atoms with van der Waals surface area (Å²) in [5.74, 6) is 0.881. The van der Waals surface area contributed by atoms with Crippen LogP contribution in [0.25, 0.3) is 0 Å². The molecule has 0 radical (unpaired) electrons. The minimum Gasteiger partial charge on any atom is -0.489 e. The molecule has 3 aromatic rings. The summed E-state index contributed by atoms with van der Waals surface area (Å²) in [6, 6.07) is 21.1. The molecule has 3 rings (SSSR count). The first-order chi connectivity index (χ1) is 14.0. The number of rotatable bonds is 8. The van der Waals surface area contributed by atoms with Gasteiger partial charge in [-0.25, -0.2) is 0 Å². The maximum absolute atomic E-state index is 12.1. The average molecular weight is 392 g/mol. The van der Waals surface area contributed by atoms with E-state index in [-0.39, 0.29) is 18.2 Å². The molecule has 0 aliphatic heterocycles. The molecule has 29 heavy (non-hydrogen) atoms. The van der Waals surface area contributed by atoms with E-state index in [4.69, 9.17) is 9.47 Å². The third-order valence-electron chi connectivity index (χ3n) is 4.14. The fourth-order valence-electron chi connectivity index (χ4n) is 2.61. The summed E-state index contributed by atoms with van der Waals surface area (Å²) >= 11 is 0. The van der Waals surface area contributed by atoms with Gasteiger partial charge in [0, 0.05) is 17.8 Å². The van der Waals surface area contributed by atoms with E-state index in [1.54, 1.807) is 31.2 Å². The number of benzene rings is 3. The van der Waals surface area contributed by atoms with E-state index in [9.17, 15) is 14.9 Å². The fourth-order valence-corrected chi connectivity index (χ4v) is 2.61. The van der Waals surface area contributed by atoms with Gasteiger partial charge in [-0.3, -0.25) is 14.9 Å². The fraction of sp³-hybridized carbons (Fsp3) is 0.136. The molecule has 1 amide bonds. The molecular weight excluding hydrogens is 372 g/mol. The number of hydrogen-bond donors (Lipinski definition) is 1. The Morgan fingerprint density at radius 1 is 0.966 bits per heavy atom. The number of hydrogen-bond acceptors (Lipinski definition) is 5. The molecule has 0 saturated heterocycles. The van der Waals surface area contributed by atoms with Crippen molar-refractivity contribution in [2.45, 2.75) is 13.5 Å². The highest BCUT2D eigenvalue weighted by molar-refractivity contribution is 5.92. The third kappa shape index (κ3) is 5.80. The maximum Gasteiger partial charge on any atom is 0.269 e. The van der Waals surface area contributed by atoms with E-state index in [1.165, 1.54) is 18.2 Å². The molecule has 0 spiro atoms. The zero-order valence-electron chi connectivity index (χ0n) is 15.8. The van der Waals surface area contributed by atoms with Crippen LogP contribution in [0.2, 0.25) is 0 Å². The first kappa shape index (κ1) is 19.9. The molecule has 0 aromatic heterocycles. The number of carbonyl (C=O) groups excluding carboxylic acids is 1. The zero-order valence-corrected chi connectivity index (χ0v) is 15.8. The molecular formula is C22H20N2O5. The van der Waals surface area contributed by atoms with Gasteiger partial charge >= 0.3 is 0 Å². The molecule has 0 saturated carbocycles. The lowest BCUT2D eigenvalue weighted by atomic mass is 10.2. The quantitative estimate of drug-likeness (QED) is 0.450. The highest BCUT2D eigenvalue weighted by Gasteiger charge is 2.10. The van der Waals surface area contributed by atoms with Crippen molar-refractivity contribution in [3.63, 3.8) is 0 Å². The number of carbonyl (C=O) groups is 1. The number of nitrogens with one attached hydrogen (secondary N) is 1. The van der Waals surface area contributed by atoms with Crippen LogP contribution in [0.4, 0.5) is 11.4 Å². The molecule has 0 atom stereocenters. The Balaban J connectivity index is 1.48. The second-order valence-corrected chi connectivity index (χ2v) is 6.34.